The largest absolute Gasteiger partial charge is 0.387 e. The molecule has 2 aromatic heterocycles. The van der Waals surface area contributed by atoms with Crippen LogP contribution in [0.15, 0.2) is 28.8 Å². The van der Waals surface area contributed by atoms with E-state index in [1.54, 1.807) is 0 Å². The molecule has 0 saturated heterocycles. The fourth-order valence-electron chi connectivity index (χ4n) is 2.21. The van der Waals surface area contributed by atoms with Crippen molar-refractivity contribution in [1.29, 1.82) is 0 Å². The number of aromatic amines is 1. The molecule has 3 rings (SSSR count). The molecule has 0 saturated carbocycles. The van der Waals surface area contributed by atoms with Gasteiger partial charge in [-0.05, 0) is 25.1 Å². The molecule has 0 radical (unpaired) electrons. The lowest BCUT2D eigenvalue weighted by atomic mass is 10.2. The molecular formula is C15H16N4O3. The van der Waals surface area contributed by atoms with E-state index in [9.17, 15) is 4.79 Å². The lowest BCUT2D eigenvalue weighted by Crippen LogP contribution is -2.26. The summed E-state index contributed by atoms with van der Waals surface area (Å²) in [5.41, 5.74) is 2.60. The number of hydrogen-bond donors (Lipinski definition) is 3. The van der Waals surface area contributed by atoms with Crippen molar-refractivity contribution in [1.82, 2.24) is 20.4 Å². The molecule has 0 atom stereocenters. The number of hydrogen-bond acceptors (Lipinski definition) is 5. The Kier molecular flexibility index (Phi) is 3.88. The van der Waals surface area contributed by atoms with Crippen molar-refractivity contribution >= 4 is 16.8 Å². The van der Waals surface area contributed by atoms with Gasteiger partial charge in [-0.15, -0.1) is 0 Å². The number of aryl methyl sites for hydroxylation is 1. The van der Waals surface area contributed by atoms with Crippen LogP contribution in [0.5, 0.6) is 0 Å². The highest BCUT2D eigenvalue weighted by molar-refractivity contribution is 5.98. The van der Waals surface area contributed by atoms with Crippen LogP contribution >= 0.6 is 0 Å². The van der Waals surface area contributed by atoms with Crippen molar-refractivity contribution in [2.45, 2.75) is 20.0 Å². The molecular weight excluding hydrogens is 284 g/mol. The topological polar surface area (TPSA) is 104 Å². The second-order valence-corrected chi connectivity index (χ2v) is 5.04. The molecule has 0 spiro atoms. The van der Waals surface area contributed by atoms with Gasteiger partial charge in [0.1, 0.15) is 12.3 Å². The number of aromatic nitrogens is 3. The first-order chi connectivity index (χ1) is 10.7. The first-order valence-electron chi connectivity index (χ1n) is 6.95. The van der Waals surface area contributed by atoms with Gasteiger partial charge in [0.15, 0.2) is 5.82 Å². The molecule has 1 aromatic carbocycles. The number of carbonyl (C=O) groups excluding carboxylic acids is 1. The molecule has 0 aliphatic heterocycles. The number of benzene rings is 1. The molecule has 0 bridgehead atoms. The Morgan fingerprint density at radius 2 is 2.27 bits per heavy atom. The van der Waals surface area contributed by atoms with E-state index in [0.29, 0.717) is 24.5 Å². The Morgan fingerprint density at radius 1 is 1.41 bits per heavy atom. The first-order valence-corrected chi connectivity index (χ1v) is 6.95. The van der Waals surface area contributed by atoms with Crippen LogP contribution in [0.25, 0.3) is 10.9 Å². The summed E-state index contributed by atoms with van der Waals surface area (Å²) in [6.07, 6.45) is 0.439. The maximum absolute atomic E-state index is 12.1. The van der Waals surface area contributed by atoms with E-state index in [2.05, 4.69) is 20.4 Å². The van der Waals surface area contributed by atoms with Gasteiger partial charge in [-0.1, -0.05) is 16.8 Å². The van der Waals surface area contributed by atoms with Crippen LogP contribution in [0, 0.1) is 6.92 Å². The third-order valence-electron chi connectivity index (χ3n) is 3.30. The maximum atomic E-state index is 12.1. The zero-order valence-corrected chi connectivity index (χ0v) is 12.1. The van der Waals surface area contributed by atoms with Gasteiger partial charge in [-0.2, -0.15) is 4.98 Å². The maximum Gasteiger partial charge on any atom is 0.267 e. The number of fused-ring (bicyclic) bond motifs is 1. The molecule has 22 heavy (non-hydrogen) atoms. The van der Waals surface area contributed by atoms with Crippen LogP contribution in [0.4, 0.5) is 0 Å². The smallest absolute Gasteiger partial charge is 0.267 e. The summed E-state index contributed by atoms with van der Waals surface area (Å²) in [5, 5.41) is 16.3. The normalized spacial score (nSPS) is 11.0. The molecule has 2 heterocycles. The zero-order valence-electron chi connectivity index (χ0n) is 12.1. The number of carbonyl (C=O) groups is 1. The number of amides is 1. The fraction of sp³-hybridized carbons (Fsp3) is 0.267. The lowest BCUT2D eigenvalue weighted by molar-refractivity contribution is 0.0949. The molecule has 114 valence electrons. The van der Waals surface area contributed by atoms with Gasteiger partial charge < -0.3 is 19.9 Å². The summed E-state index contributed by atoms with van der Waals surface area (Å²) in [6, 6.07) is 7.81. The highest BCUT2D eigenvalue weighted by atomic mass is 16.5. The standard InChI is InChI=1S/C15H16N4O3/c1-9-2-3-11-10(6-9)7-12(17-11)15(21)16-5-4-13-18-14(8-20)22-19-13/h2-3,6-7,17,20H,4-5,8H2,1H3,(H,16,21). The Bertz CT molecular complexity index is 806. The number of H-pyrrole nitrogens is 1. The molecule has 3 N–H and O–H groups in total. The molecule has 0 aliphatic carbocycles. The Morgan fingerprint density at radius 3 is 3.05 bits per heavy atom. The van der Waals surface area contributed by atoms with E-state index in [-0.39, 0.29) is 18.4 Å². The molecule has 0 fully saturated rings. The van der Waals surface area contributed by atoms with E-state index < -0.39 is 0 Å². The minimum Gasteiger partial charge on any atom is -0.387 e. The summed E-state index contributed by atoms with van der Waals surface area (Å²) >= 11 is 0. The number of nitrogens with one attached hydrogen (secondary N) is 2. The summed E-state index contributed by atoms with van der Waals surface area (Å²) in [4.78, 5) is 19.1. The third kappa shape index (κ3) is 2.99. The van der Waals surface area contributed by atoms with E-state index in [4.69, 9.17) is 9.63 Å². The second kappa shape index (κ2) is 5.98. The van der Waals surface area contributed by atoms with Gasteiger partial charge >= 0.3 is 0 Å². The van der Waals surface area contributed by atoms with Crippen molar-refractivity contribution in [3.05, 3.63) is 47.2 Å². The predicted molar refractivity (Wildman–Crippen MR) is 79.3 cm³/mol. The van der Waals surface area contributed by atoms with E-state index in [1.807, 2.05) is 31.2 Å². The first kappa shape index (κ1) is 14.3. The Balaban J connectivity index is 1.60. The fourth-order valence-corrected chi connectivity index (χ4v) is 2.21. The minimum atomic E-state index is -0.284. The summed E-state index contributed by atoms with van der Waals surface area (Å²) in [5.74, 6) is 0.448. The number of aliphatic hydroxyl groups is 1. The van der Waals surface area contributed by atoms with E-state index in [1.165, 1.54) is 0 Å². The summed E-state index contributed by atoms with van der Waals surface area (Å²) in [7, 11) is 0. The van der Waals surface area contributed by atoms with E-state index >= 15 is 0 Å². The average Bonchev–Trinajstić information content (AvgIpc) is 3.12. The van der Waals surface area contributed by atoms with Crippen LogP contribution in [-0.4, -0.2) is 32.7 Å². The number of rotatable bonds is 5. The van der Waals surface area contributed by atoms with Gasteiger partial charge in [0.25, 0.3) is 11.8 Å². The highest BCUT2D eigenvalue weighted by Crippen LogP contribution is 2.16. The summed E-state index contributed by atoms with van der Waals surface area (Å²) in [6.45, 7) is 2.11. The van der Waals surface area contributed by atoms with Crippen LogP contribution in [0.1, 0.15) is 27.8 Å². The third-order valence-corrected chi connectivity index (χ3v) is 3.30. The monoisotopic (exact) mass is 300 g/mol. The Hall–Kier alpha value is -2.67. The number of nitrogens with zero attached hydrogens (tertiary/aromatic N) is 2. The molecule has 0 unspecified atom stereocenters. The van der Waals surface area contributed by atoms with Crippen molar-refractivity contribution in [3.63, 3.8) is 0 Å². The average molecular weight is 300 g/mol. The second-order valence-electron chi connectivity index (χ2n) is 5.04. The van der Waals surface area contributed by atoms with Gasteiger partial charge in [0.2, 0.25) is 0 Å². The van der Waals surface area contributed by atoms with Crippen LogP contribution in [0.3, 0.4) is 0 Å². The lowest BCUT2D eigenvalue weighted by Gasteiger charge is -2.00. The SMILES string of the molecule is Cc1ccc2[nH]c(C(=O)NCCc3noc(CO)n3)cc2c1. The Labute approximate surface area is 126 Å². The van der Waals surface area contributed by atoms with Crippen molar-refractivity contribution in [2.75, 3.05) is 6.54 Å². The minimum absolute atomic E-state index is 0.173. The highest BCUT2D eigenvalue weighted by Gasteiger charge is 2.10. The van der Waals surface area contributed by atoms with Crippen LogP contribution in [-0.2, 0) is 13.0 Å². The van der Waals surface area contributed by atoms with Crippen LogP contribution < -0.4 is 5.32 Å². The number of aliphatic hydroxyl groups excluding tert-OH is 1. The van der Waals surface area contributed by atoms with Crippen molar-refractivity contribution < 1.29 is 14.4 Å². The predicted octanol–water partition coefficient (Wildman–Crippen LogP) is 1.32. The molecule has 1 amide bonds. The van der Waals surface area contributed by atoms with Crippen LogP contribution in [0.2, 0.25) is 0 Å². The van der Waals surface area contributed by atoms with Crippen molar-refractivity contribution in [2.24, 2.45) is 0 Å². The molecule has 7 heteroatoms. The summed E-state index contributed by atoms with van der Waals surface area (Å²) < 4.78 is 4.78. The molecule has 3 aromatic rings. The quantitative estimate of drug-likeness (QED) is 0.659. The molecule has 0 aliphatic rings. The zero-order chi connectivity index (χ0) is 15.5. The van der Waals surface area contributed by atoms with Gasteiger partial charge in [-0.25, -0.2) is 0 Å². The van der Waals surface area contributed by atoms with Crippen molar-refractivity contribution in [3.8, 4) is 0 Å². The van der Waals surface area contributed by atoms with Gasteiger partial charge in [0, 0.05) is 23.9 Å². The molecule has 7 nitrogen and oxygen atoms in total. The van der Waals surface area contributed by atoms with Gasteiger partial charge in [0.05, 0.1) is 0 Å². The van der Waals surface area contributed by atoms with E-state index in [0.717, 1.165) is 16.5 Å². The van der Waals surface area contributed by atoms with Gasteiger partial charge in [-0.3, -0.25) is 4.79 Å².